The minimum Gasteiger partial charge on any atom is -0.384 e. The average molecular weight is 227 g/mol. The Kier molecular flexibility index (Phi) is 3.21. The number of rotatable bonds is 3. The van der Waals surface area contributed by atoms with Crippen molar-refractivity contribution in [3.63, 3.8) is 0 Å². The van der Waals surface area contributed by atoms with Gasteiger partial charge < -0.3 is 10.8 Å². The first-order valence-corrected chi connectivity index (χ1v) is 5.31. The average Bonchev–Trinajstić information content (AvgIpc) is 2.39. The van der Waals surface area contributed by atoms with Gasteiger partial charge in [-0.15, -0.1) is 0 Å². The first-order valence-electron chi connectivity index (χ1n) is 5.31. The van der Waals surface area contributed by atoms with Gasteiger partial charge in [0.2, 0.25) is 5.91 Å². The molecule has 0 spiro atoms. The third-order valence-electron chi connectivity index (χ3n) is 2.63. The van der Waals surface area contributed by atoms with Crippen LogP contribution in [0.4, 0.5) is 0 Å². The van der Waals surface area contributed by atoms with E-state index in [1.54, 1.807) is 24.3 Å². The van der Waals surface area contributed by atoms with Crippen molar-refractivity contribution in [2.24, 2.45) is 5.73 Å². The molecular formula is C14H13NO2. The van der Waals surface area contributed by atoms with Gasteiger partial charge in [-0.05, 0) is 23.3 Å². The number of amides is 1. The van der Waals surface area contributed by atoms with Gasteiger partial charge in [-0.2, -0.15) is 0 Å². The van der Waals surface area contributed by atoms with Gasteiger partial charge in [0.1, 0.15) is 6.10 Å². The Morgan fingerprint density at radius 2 is 1.47 bits per heavy atom. The molecule has 1 atom stereocenters. The highest BCUT2D eigenvalue weighted by atomic mass is 16.3. The summed E-state index contributed by atoms with van der Waals surface area (Å²) >= 11 is 0. The molecule has 0 aliphatic carbocycles. The van der Waals surface area contributed by atoms with E-state index in [-0.39, 0.29) is 0 Å². The predicted molar refractivity (Wildman–Crippen MR) is 65.5 cm³/mol. The molecule has 2 rings (SSSR count). The van der Waals surface area contributed by atoms with Crippen molar-refractivity contribution in [3.8, 4) is 0 Å². The number of benzene rings is 2. The number of hydrogen-bond acceptors (Lipinski definition) is 2. The van der Waals surface area contributed by atoms with E-state index in [0.29, 0.717) is 5.56 Å². The number of primary amides is 1. The highest BCUT2D eigenvalue weighted by Crippen LogP contribution is 2.21. The summed E-state index contributed by atoms with van der Waals surface area (Å²) in [4.78, 5) is 10.9. The Morgan fingerprint density at radius 1 is 0.941 bits per heavy atom. The van der Waals surface area contributed by atoms with Crippen LogP contribution >= 0.6 is 0 Å². The van der Waals surface area contributed by atoms with E-state index >= 15 is 0 Å². The lowest BCUT2D eigenvalue weighted by atomic mass is 10.0. The number of aliphatic hydroxyl groups excluding tert-OH is 1. The minimum atomic E-state index is -0.682. The smallest absolute Gasteiger partial charge is 0.248 e. The topological polar surface area (TPSA) is 63.3 Å². The number of carbonyl (C=O) groups is 1. The zero-order valence-electron chi connectivity index (χ0n) is 9.21. The highest BCUT2D eigenvalue weighted by molar-refractivity contribution is 5.92. The van der Waals surface area contributed by atoms with Crippen LogP contribution in [-0.4, -0.2) is 11.0 Å². The second-order valence-electron chi connectivity index (χ2n) is 3.80. The second-order valence-corrected chi connectivity index (χ2v) is 3.80. The minimum absolute atomic E-state index is 0.439. The molecule has 0 aromatic heterocycles. The summed E-state index contributed by atoms with van der Waals surface area (Å²) in [5.74, 6) is -0.467. The number of nitrogens with two attached hydrogens (primary N) is 1. The SMILES string of the molecule is NC(=O)c1ccc(C(O)c2ccccc2)cc1. The summed E-state index contributed by atoms with van der Waals surface area (Å²) in [7, 11) is 0. The lowest BCUT2D eigenvalue weighted by Gasteiger charge is -2.11. The maximum absolute atomic E-state index is 10.9. The Bertz CT molecular complexity index is 506. The number of hydrogen-bond donors (Lipinski definition) is 2. The summed E-state index contributed by atoms with van der Waals surface area (Å²) in [6.45, 7) is 0. The third-order valence-corrected chi connectivity index (χ3v) is 2.63. The second kappa shape index (κ2) is 4.80. The van der Waals surface area contributed by atoms with Crippen molar-refractivity contribution in [2.45, 2.75) is 6.10 Å². The summed E-state index contributed by atoms with van der Waals surface area (Å²) in [5, 5.41) is 10.1. The quantitative estimate of drug-likeness (QED) is 0.840. The van der Waals surface area contributed by atoms with Crippen LogP contribution in [0.3, 0.4) is 0 Å². The first-order chi connectivity index (χ1) is 8.18. The largest absolute Gasteiger partial charge is 0.384 e. The van der Waals surface area contributed by atoms with Gasteiger partial charge in [-0.25, -0.2) is 0 Å². The molecule has 2 aromatic carbocycles. The molecule has 0 aliphatic rings. The molecular weight excluding hydrogens is 214 g/mol. The van der Waals surface area contributed by atoms with E-state index < -0.39 is 12.0 Å². The van der Waals surface area contributed by atoms with Crippen molar-refractivity contribution < 1.29 is 9.90 Å². The molecule has 17 heavy (non-hydrogen) atoms. The molecule has 1 amide bonds. The maximum atomic E-state index is 10.9. The molecule has 0 saturated carbocycles. The lowest BCUT2D eigenvalue weighted by Crippen LogP contribution is -2.11. The molecule has 3 heteroatoms. The van der Waals surface area contributed by atoms with Crippen LogP contribution in [0, 0.1) is 0 Å². The fourth-order valence-corrected chi connectivity index (χ4v) is 1.66. The molecule has 0 fully saturated rings. The third kappa shape index (κ3) is 2.52. The van der Waals surface area contributed by atoms with E-state index in [1.807, 2.05) is 30.3 Å². The van der Waals surface area contributed by atoms with Crippen LogP contribution in [0.25, 0.3) is 0 Å². The van der Waals surface area contributed by atoms with Gasteiger partial charge in [-0.3, -0.25) is 4.79 Å². The summed E-state index contributed by atoms with van der Waals surface area (Å²) in [6.07, 6.45) is -0.682. The summed E-state index contributed by atoms with van der Waals surface area (Å²) in [6, 6.07) is 16.0. The van der Waals surface area contributed by atoms with Gasteiger partial charge in [0.15, 0.2) is 0 Å². The molecule has 86 valence electrons. The predicted octanol–water partition coefficient (Wildman–Crippen LogP) is 1.87. The van der Waals surface area contributed by atoms with E-state index in [9.17, 15) is 9.90 Å². The van der Waals surface area contributed by atoms with Crippen molar-refractivity contribution in [1.29, 1.82) is 0 Å². The molecule has 0 radical (unpaired) electrons. The van der Waals surface area contributed by atoms with Crippen LogP contribution in [0.5, 0.6) is 0 Å². The van der Waals surface area contributed by atoms with Gasteiger partial charge in [0.05, 0.1) is 0 Å². The molecule has 3 N–H and O–H groups in total. The fraction of sp³-hybridized carbons (Fsp3) is 0.0714. The van der Waals surface area contributed by atoms with Gasteiger partial charge in [0.25, 0.3) is 0 Å². The summed E-state index contributed by atoms with van der Waals surface area (Å²) in [5.41, 5.74) is 7.14. The van der Waals surface area contributed by atoms with Crippen LogP contribution in [0.1, 0.15) is 27.6 Å². The van der Waals surface area contributed by atoms with Gasteiger partial charge >= 0.3 is 0 Å². The van der Waals surface area contributed by atoms with Crippen molar-refractivity contribution in [2.75, 3.05) is 0 Å². The molecule has 3 nitrogen and oxygen atoms in total. The Morgan fingerprint density at radius 3 is 2.00 bits per heavy atom. The zero-order valence-corrected chi connectivity index (χ0v) is 9.21. The molecule has 0 saturated heterocycles. The standard InChI is InChI=1S/C14H13NO2/c15-14(17)12-8-6-11(7-9-12)13(16)10-4-2-1-3-5-10/h1-9,13,16H,(H2,15,17). The fourth-order valence-electron chi connectivity index (χ4n) is 1.66. The number of carbonyl (C=O) groups excluding carboxylic acids is 1. The van der Waals surface area contributed by atoms with E-state index in [4.69, 9.17) is 5.73 Å². The van der Waals surface area contributed by atoms with Crippen LogP contribution in [-0.2, 0) is 0 Å². The van der Waals surface area contributed by atoms with Gasteiger partial charge in [0, 0.05) is 5.56 Å². The van der Waals surface area contributed by atoms with E-state index in [2.05, 4.69) is 0 Å². The molecule has 1 unspecified atom stereocenters. The summed E-state index contributed by atoms with van der Waals surface area (Å²) < 4.78 is 0. The maximum Gasteiger partial charge on any atom is 0.248 e. The van der Waals surface area contributed by atoms with Crippen molar-refractivity contribution in [1.82, 2.24) is 0 Å². The van der Waals surface area contributed by atoms with Crippen LogP contribution in [0.2, 0.25) is 0 Å². The highest BCUT2D eigenvalue weighted by Gasteiger charge is 2.10. The molecule has 0 aliphatic heterocycles. The normalized spacial score (nSPS) is 12.1. The zero-order chi connectivity index (χ0) is 12.3. The monoisotopic (exact) mass is 227 g/mol. The van der Waals surface area contributed by atoms with Crippen molar-refractivity contribution >= 4 is 5.91 Å². The molecule has 2 aromatic rings. The van der Waals surface area contributed by atoms with E-state index in [1.165, 1.54) is 0 Å². The van der Waals surface area contributed by atoms with Crippen LogP contribution in [0.15, 0.2) is 54.6 Å². The van der Waals surface area contributed by atoms with Crippen molar-refractivity contribution in [3.05, 3.63) is 71.3 Å². The Labute approximate surface area is 99.5 Å². The molecule has 0 bridgehead atoms. The van der Waals surface area contributed by atoms with Crippen LogP contribution < -0.4 is 5.73 Å². The first kappa shape index (κ1) is 11.4. The molecule has 0 heterocycles. The van der Waals surface area contributed by atoms with E-state index in [0.717, 1.165) is 11.1 Å². The number of aliphatic hydroxyl groups is 1. The van der Waals surface area contributed by atoms with Gasteiger partial charge in [-0.1, -0.05) is 42.5 Å². The Balaban J connectivity index is 2.26. The Hall–Kier alpha value is -2.13. The lowest BCUT2D eigenvalue weighted by molar-refractivity contribution is 0.1000.